The Kier molecular flexibility index (Phi) is 3.45. The van der Waals surface area contributed by atoms with Crippen LogP contribution in [0.15, 0.2) is 5.18 Å². The number of hydrogen-bond donors (Lipinski definition) is 3. The first-order valence-electron chi connectivity index (χ1n) is 3.47. The van der Waals surface area contributed by atoms with Crippen LogP contribution in [-0.4, -0.2) is 49.3 Å². The Balaban J connectivity index is 2.77. The molecule has 1 aliphatic rings. The third-order valence-electron chi connectivity index (χ3n) is 1.77. The van der Waals surface area contributed by atoms with E-state index in [1.165, 1.54) is 0 Å². The predicted octanol–water partition coefficient (Wildman–Crippen LogP) is -1.58. The third-order valence-corrected chi connectivity index (χ3v) is 2.59. The number of nitroso groups, excluding NO2 is 1. The van der Waals surface area contributed by atoms with E-state index >= 15 is 0 Å². The summed E-state index contributed by atoms with van der Waals surface area (Å²) in [5.41, 5.74) is -1.36. The Bertz CT molecular complexity index is 223. The first-order chi connectivity index (χ1) is 6.07. The van der Waals surface area contributed by atoms with Gasteiger partial charge in [-0.15, -0.1) is 0 Å². The van der Waals surface area contributed by atoms with Crippen molar-refractivity contribution >= 4 is 11.1 Å². The summed E-state index contributed by atoms with van der Waals surface area (Å²) >= 11 is -2.40. The van der Waals surface area contributed by atoms with Crippen molar-refractivity contribution in [1.29, 1.82) is 0 Å². The van der Waals surface area contributed by atoms with E-state index in [9.17, 15) is 14.2 Å². The van der Waals surface area contributed by atoms with Crippen LogP contribution in [0.2, 0.25) is 0 Å². The molecule has 7 nitrogen and oxygen atoms in total. The second-order valence-electron chi connectivity index (χ2n) is 2.63. The summed E-state index contributed by atoms with van der Waals surface area (Å²) in [6.07, 6.45) is -2.70. The van der Waals surface area contributed by atoms with Crippen molar-refractivity contribution < 1.29 is 23.7 Å². The van der Waals surface area contributed by atoms with Gasteiger partial charge in [-0.05, 0) is 0 Å². The summed E-state index contributed by atoms with van der Waals surface area (Å²) in [5.74, 6) is 0. The fourth-order valence-electron chi connectivity index (χ4n) is 1.07. The highest BCUT2D eigenvalue weighted by molar-refractivity contribution is 7.79. The second-order valence-corrected chi connectivity index (χ2v) is 3.65. The summed E-state index contributed by atoms with van der Waals surface area (Å²) in [6, 6.07) is -1.41. The summed E-state index contributed by atoms with van der Waals surface area (Å²) in [4.78, 5) is 10.2. The molecule has 3 N–H and O–H groups in total. The van der Waals surface area contributed by atoms with Gasteiger partial charge in [0.15, 0.2) is 22.6 Å². The number of nitrogens with zero attached hydrogens (tertiary/aromatic N) is 1. The highest BCUT2D eigenvalue weighted by Crippen LogP contribution is 2.20. The molecule has 0 amide bonds. The van der Waals surface area contributed by atoms with Crippen LogP contribution in [0.25, 0.3) is 0 Å². The zero-order valence-corrected chi connectivity index (χ0v) is 7.25. The van der Waals surface area contributed by atoms with Crippen molar-refractivity contribution in [3.63, 3.8) is 0 Å². The van der Waals surface area contributed by atoms with Crippen LogP contribution < -0.4 is 0 Å². The van der Waals surface area contributed by atoms with Crippen molar-refractivity contribution in [2.45, 2.75) is 23.7 Å². The molecular formula is C5H9NO6S. The Labute approximate surface area is 76.0 Å². The predicted molar refractivity (Wildman–Crippen MR) is 42.1 cm³/mol. The van der Waals surface area contributed by atoms with E-state index in [0.717, 1.165) is 0 Å². The van der Waals surface area contributed by atoms with Gasteiger partial charge in [0, 0.05) is 0 Å². The van der Waals surface area contributed by atoms with Crippen LogP contribution in [-0.2, 0) is 15.8 Å². The van der Waals surface area contributed by atoms with Gasteiger partial charge < -0.3 is 19.5 Å². The van der Waals surface area contributed by atoms with E-state index in [2.05, 4.69) is 9.91 Å². The molecule has 13 heavy (non-hydrogen) atoms. The van der Waals surface area contributed by atoms with E-state index < -0.39 is 34.8 Å². The molecular weight excluding hydrogens is 202 g/mol. The maximum absolute atomic E-state index is 10.6. The topological polar surface area (TPSA) is 116 Å². The summed E-state index contributed by atoms with van der Waals surface area (Å²) < 4.78 is 23.9. The smallest absolute Gasteiger partial charge is 0.186 e. The van der Waals surface area contributed by atoms with E-state index in [0.29, 0.717) is 0 Å². The lowest BCUT2D eigenvalue weighted by Gasteiger charge is -2.31. The number of rotatable bonds is 2. The van der Waals surface area contributed by atoms with Crippen molar-refractivity contribution in [3.05, 3.63) is 4.91 Å². The van der Waals surface area contributed by atoms with Crippen LogP contribution in [0.4, 0.5) is 0 Å². The molecule has 0 bridgehead atoms. The number of hydrogen-bond acceptors (Lipinski definition) is 6. The molecule has 0 saturated carbocycles. The van der Waals surface area contributed by atoms with Crippen molar-refractivity contribution in [1.82, 2.24) is 0 Å². The molecule has 0 spiro atoms. The molecule has 0 aromatic carbocycles. The highest BCUT2D eigenvalue weighted by atomic mass is 32.2. The molecule has 1 saturated heterocycles. The minimum atomic E-state index is -2.40. The molecule has 0 aromatic heterocycles. The Morgan fingerprint density at radius 1 is 1.46 bits per heavy atom. The molecule has 8 heteroatoms. The van der Waals surface area contributed by atoms with Gasteiger partial charge in [-0.25, -0.2) is 4.21 Å². The normalized spacial score (nSPS) is 42.7. The molecule has 76 valence electrons. The van der Waals surface area contributed by atoms with E-state index in [4.69, 9.17) is 9.66 Å². The molecule has 1 rings (SSSR count). The van der Waals surface area contributed by atoms with E-state index in [1.807, 2.05) is 0 Å². The monoisotopic (exact) mass is 211 g/mol. The summed E-state index contributed by atoms with van der Waals surface area (Å²) in [7, 11) is 0. The maximum atomic E-state index is 10.6. The van der Waals surface area contributed by atoms with Crippen molar-refractivity contribution in [2.24, 2.45) is 5.18 Å². The fourth-order valence-corrected chi connectivity index (χ4v) is 1.71. The van der Waals surface area contributed by atoms with Crippen molar-refractivity contribution in [2.75, 3.05) is 6.61 Å². The van der Waals surface area contributed by atoms with Crippen LogP contribution in [0.3, 0.4) is 0 Å². The fraction of sp³-hybridized carbons (Fsp3) is 1.00. The molecule has 3 unspecified atom stereocenters. The minimum Gasteiger partial charge on any atom is -0.388 e. The van der Waals surface area contributed by atoms with Gasteiger partial charge in [0.25, 0.3) is 0 Å². The lowest BCUT2D eigenvalue weighted by molar-refractivity contribution is -0.109. The van der Waals surface area contributed by atoms with Gasteiger partial charge in [0.2, 0.25) is 0 Å². The molecule has 0 radical (unpaired) electrons. The van der Waals surface area contributed by atoms with Gasteiger partial charge in [-0.1, -0.05) is 5.18 Å². The highest BCUT2D eigenvalue weighted by Gasteiger charge is 2.43. The zero-order chi connectivity index (χ0) is 10.0. The van der Waals surface area contributed by atoms with Crippen LogP contribution in [0.1, 0.15) is 0 Å². The molecule has 0 aliphatic carbocycles. The van der Waals surface area contributed by atoms with E-state index in [1.54, 1.807) is 0 Å². The zero-order valence-electron chi connectivity index (χ0n) is 6.44. The molecule has 5 atom stereocenters. The standard InChI is InChI=1S/C5H9NO6S/c7-2-1-12-5(13(10)11)3(6-9)4(2)8/h2-5,7-8H,1H2,(H,10,11)/t2-,3-,4?,5?/m1/s1. The van der Waals surface area contributed by atoms with Gasteiger partial charge in [-0.3, -0.25) is 0 Å². The third kappa shape index (κ3) is 2.09. The van der Waals surface area contributed by atoms with Crippen molar-refractivity contribution in [3.8, 4) is 0 Å². The quantitative estimate of drug-likeness (QED) is 0.375. The lowest BCUT2D eigenvalue weighted by atomic mass is 10.1. The largest absolute Gasteiger partial charge is 0.388 e. The second kappa shape index (κ2) is 4.20. The van der Waals surface area contributed by atoms with Gasteiger partial charge in [0.05, 0.1) is 6.61 Å². The van der Waals surface area contributed by atoms with Gasteiger partial charge >= 0.3 is 0 Å². The summed E-state index contributed by atoms with van der Waals surface area (Å²) in [5, 5.41) is 20.7. The molecule has 1 fully saturated rings. The first kappa shape index (κ1) is 10.7. The average molecular weight is 211 g/mol. The molecule has 0 aromatic rings. The van der Waals surface area contributed by atoms with Gasteiger partial charge in [-0.2, -0.15) is 4.91 Å². The number of ether oxygens (including phenoxy) is 1. The molecule has 1 aliphatic heterocycles. The Morgan fingerprint density at radius 3 is 2.54 bits per heavy atom. The van der Waals surface area contributed by atoms with Crippen LogP contribution >= 0.6 is 0 Å². The number of aliphatic hydroxyl groups excluding tert-OH is 2. The Hall–Kier alpha value is -0.410. The summed E-state index contributed by atoms with van der Waals surface area (Å²) in [6.45, 7) is -0.288. The molecule has 1 heterocycles. The minimum absolute atomic E-state index is 0.288. The Morgan fingerprint density at radius 2 is 2.08 bits per heavy atom. The lowest BCUT2D eigenvalue weighted by Crippen LogP contribution is -2.53. The van der Waals surface area contributed by atoms with E-state index in [-0.39, 0.29) is 6.61 Å². The van der Waals surface area contributed by atoms with Crippen LogP contribution in [0.5, 0.6) is 0 Å². The maximum Gasteiger partial charge on any atom is 0.186 e. The SMILES string of the molecule is O=N[C@@H]1C(O)[C@H](O)COC1S(=O)O. The van der Waals surface area contributed by atoms with Gasteiger partial charge in [0.1, 0.15) is 12.2 Å². The number of aliphatic hydroxyl groups is 2. The first-order valence-corrected chi connectivity index (χ1v) is 4.64. The average Bonchev–Trinajstić information content (AvgIpc) is 2.09. The van der Waals surface area contributed by atoms with Crippen LogP contribution in [0, 0.1) is 4.91 Å².